The Labute approximate surface area is 184 Å². The van der Waals surface area contributed by atoms with Gasteiger partial charge in [-0.05, 0) is 61.9 Å². The number of fused-ring (bicyclic) bond motifs is 3. The van der Waals surface area contributed by atoms with Crippen LogP contribution in [-0.4, -0.2) is 28.0 Å². The normalized spacial score (nSPS) is 22.0. The van der Waals surface area contributed by atoms with Crippen molar-refractivity contribution in [2.45, 2.75) is 57.7 Å². The highest BCUT2D eigenvalue weighted by Crippen LogP contribution is 2.39. The van der Waals surface area contributed by atoms with Gasteiger partial charge in [0.15, 0.2) is 0 Å². The fraction of sp³-hybridized carbons (Fsp3) is 0.391. The van der Waals surface area contributed by atoms with E-state index in [-0.39, 0.29) is 17.9 Å². The van der Waals surface area contributed by atoms with Gasteiger partial charge in [-0.25, -0.2) is 0 Å². The zero-order valence-corrected chi connectivity index (χ0v) is 18.6. The number of amides is 2. The molecule has 1 N–H and O–H groups in total. The number of rotatable bonds is 3. The highest BCUT2D eigenvalue weighted by molar-refractivity contribution is 7.16. The summed E-state index contributed by atoms with van der Waals surface area (Å²) in [7, 11) is 0. The molecule has 1 atom stereocenters. The number of carbonyl (C=O) groups is 2. The Morgan fingerprint density at radius 3 is 2.80 bits per heavy atom. The van der Waals surface area contributed by atoms with Gasteiger partial charge in [0.1, 0.15) is 16.1 Å². The van der Waals surface area contributed by atoms with Crippen LogP contribution in [0.1, 0.15) is 48.7 Å². The monoisotopic (exact) mass is 441 g/mol. The summed E-state index contributed by atoms with van der Waals surface area (Å²) in [5, 5.41) is 6.87. The van der Waals surface area contributed by atoms with Crippen LogP contribution in [0.25, 0.3) is 10.2 Å². The van der Waals surface area contributed by atoms with Gasteiger partial charge in [0.25, 0.3) is 5.91 Å². The summed E-state index contributed by atoms with van der Waals surface area (Å²) in [5.74, 6) is -0.273. The molecule has 2 amide bonds. The van der Waals surface area contributed by atoms with Crippen LogP contribution in [0.4, 0.5) is 5.69 Å². The van der Waals surface area contributed by atoms with E-state index in [1.54, 1.807) is 16.2 Å². The molecule has 1 fully saturated rings. The van der Waals surface area contributed by atoms with Crippen LogP contribution < -0.4 is 10.2 Å². The first-order chi connectivity index (χ1) is 14.4. The molecule has 5 nitrogen and oxygen atoms in total. The zero-order chi connectivity index (χ0) is 21.0. The standard InChI is InChI=1S/C23H24ClN3O2S/c1-14-17(24)8-5-9-18(14)27-20(28)19-12-15-10-11-30-21(15)26(19)13-23(27,2)22(29)25-16-6-3-4-7-16/h5,8-12,16H,3-4,6-7,13H2,1-2H3,(H,25,29)/t23-/m0/s1. The van der Waals surface area contributed by atoms with E-state index in [1.165, 1.54) is 0 Å². The third-order valence-corrected chi connectivity index (χ3v) is 7.90. The first kappa shape index (κ1) is 19.6. The lowest BCUT2D eigenvalue weighted by atomic mass is 9.92. The average molecular weight is 442 g/mol. The molecule has 0 spiro atoms. The minimum absolute atomic E-state index is 0.105. The summed E-state index contributed by atoms with van der Waals surface area (Å²) < 4.78 is 2.01. The van der Waals surface area contributed by atoms with Crippen LogP contribution >= 0.6 is 22.9 Å². The van der Waals surface area contributed by atoms with Crippen LogP contribution in [0.15, 0.2) is 35.7 Å². The van der Waals surface area contributed by atoms with Crippen molar-refractivity contribution in [3.05, 3.63) is 52.0 Å². The fourth-order valence-electron chi connectivity index (χ4n) is 4.82. The summed E-state index contributed by atoms with van der Waals surface area (Å²) >= 11 is 7.99. The van der Waals surface area contributed by atoms with Crippen LogP contribution in [0.3, 0.4) is 0 Å². The van der Waals surface area contributed by atoms with Crippen molar-refractivity contribution in [1.29, 1.82) is 0 Å². The van der Waals surface area contributed by atoms with Crippen LogP contribution in [0.5, 0.6) is 0 Å². The maximum absolute atomic E-state index is 13.8. The van der Waals surface area contributed by atoms with Crippen molar-refractivity contribution in [2.75, 3.05) is 4.90 Å². The molecule has 7 heteroatoms. The highest BCUT2D eigenvalue weighted by Gasteiger charge is 2.49. The van der Waals surface area contributed by atoms with Crippen molar-refractivity contribution in [2.24, 2.45) is 0 Å². The van der Waals surface area contributed by atoms with Crippen molar-refractivity contribution in [3.8, 4) is 0 Å². The number of aromatic nitrogens is 1. The largest absolute Gasteiger partial charge is 0.351 e. The number of nitrogens with zero attached hydrogens (tertiary/aromatic N) is 2. The van der Waals surface area contributed by atoms with Crippen LogP contribution in [0, 0.1) is 6.92 Å². The Kier molecular flexibility index (Phi) is 4.67. The third kappa shape index (κ3) is 2.88. The number of nitrogens with one attached hydrogen (secondary N) is 1. The average Bonchev–Trinajstić information content (AvgIpc) is 3.44. The Morgan fingerprint density at radius 2 is 2.03 bits per heavy atom. The Bertz CT molecular complexity index is 1160. The van der Waals surface area contributed by atoms with E-state index < -0.39 is 5.54 Å². The van der Waals surface area contributed by atoms with Gasteiger partial charge in [-0.2, -0.15) is 0 Å². The molecule has 1 aliphatic carbocycles. The second kappa shape index (κ2) is 7.13. The Hall–Kier alpha value is -2.31. The molecule has 2 aromatic heterocycles. The lowest BCUT2D eigenvalue weighted by Crippen LogP contribution is -2.65. The quantitative estimate of drug-likeness (QED) is 0.611. The summed E-state index contributed by atoms with van der Waals surface area (Å²) in [6.45, 7) is 4.17. The van der Waals surface area contributed by atoms with E-state index >= 15 is 0 Å². The van der Waals surface area contributed by atoms with E-state index in [1.807, 2.05) is 54.1 Å². The van der Waals surface area contributed by atoms with Crippen molar-refractivity contribution < 1.29 is 9.59 Å². The Morgan fingerprint density at radius 1 is 1.27 bits per heavy atom. The minimum Gasteiger partial charge on any atom is -0.351 e. The summed E-state index contributed by atoms with van der Waals surface area (Å²) in [5.41, 5.74) is 1.04. The van der Waals surface area contributed by atoms with E-state index in [0.29, 0.717) is 22.9 Å². The molecule has 0 saturated heterocycles. The maximum atomic E-state index is 13.8. The molecule has 0 unspecified atom stereocenters. The van der Waals surface area contributed by atoms with Gasteiger partial charge in [-0.3, -0.25) is 14.5 Å². The molecule has 156 valence electrons. The molecule has 0 radical (unpaired) electrons. The molecule has 1 aromatic carbocycles. The maximum Gasteiger partial charge on any atom is 0.275 e. The lowest BCUT2D eigenvalue weighted by Gasteiger charge is -2.45. The van der Waals surface area contributed by atoms with Gasteiger partial charge in [0.05, 0.1) is 6.54 Å². The minimum atomic E-state index is -1.06. The molecule has 1 aliphatic heterocycles. The molecule has 3 aromatic rings. The molecular weight excluding hydrogens is 418 g/mol. The van der Waals surface area contributed by atoms with Crippen LogP contribution in [-0.2, 0) is 11.3 Å². The molecule has 5 rings (SSSR count). The predicted molar refractivity (Wildman–Crippen MR) is 122 cm³/mol. The molecule has 3 heterocycles. The fourth-order valence-corrected chi connectivity index (χ4v) is 5.89. The van der Waals surface area contributed by atoms with Gasteiger partial charge in [-0.1, -0.05) is 30.5 Å². The first-order valence-corrected chi connectivity index (χ1v) is 11.6. The van der Waals surface area contributed by atoms with E-state index in [4.69, 9.17) is 11.6 Å². The lowest BCUT2D eigenvalue weighted by molar-refractivity contribution is -0.127. The number of anilines is 1. The molecular formula is C23H24ClN3O2S. The number of carbonyl (C=O) groups excluding carboxylic acids is 2. The van der Waals surface area contributed by atoms with E-state index in [0.717, 1.165) is 41.5 Å². The summed E-state index contributed by atoms with van der Waals surface area (Å²) in [6.07, 6.45) is 4.26. The molecule has 2 aliphatic rings. The van der Waals surface area contributed by atoms with E-state index in [2.05, 4.69) is 5.32 Å². The predicted octanol–water partition coefficient (Wildman–Crippen LogP) is 5.14. The SMILES string of the molecule is Cc1c(Cl)cccc1N1C(=O)c2cc3ccsc3n2C[C@@]1(C)C(=O)NC1CCCC1. The number of halogens is 1. The van der Waals surface area contributed by atoms with Gasteiger partial charge < -0.3 is 9.88 Å². The van der Waals surface area contributed by atoms with Gasteiger partial charge in [0, 0.05) is 22.1 Å². The van der Waals surface area contributed by atoms with Crippen molar-refractivity contribution in [1.82, 2.24) is 9.88 Å². The van der Waals surface area contributed by atoms with Gasteiger partial charge >= 0.3 is 0 Å². The third-order valence-electron chi connectivity index (χ3n) is 6.54. The van der Waals surface area contributed by atoms with Gasteiger partial charge in [-0.15, -0.1) is 11.3 Å². The molecule has 1 saturated carbocycles. The second-order valence-corrected chi connectivity index (χ2v) is 9.85. The first-order valence-electron chi connectivity index (χ1n) is 10.4. The van der Waals surface area contributed by atoms with E-state index in [9.17, 15) is 9.59 Å². The highest BCUT2D eigenvalue weighted by atomic mass is 35.5. The van der Waals surface area contributed by atoms with Crippen LogP contribution in [0.2, 0.25) is 5.02 Å². The van der Waals surface area contributed by atoms with Gasteiger partial charge in [0.2, 0.25) is 5.91 Å². The number of benzene rings is 1. The summed E-state index contributed by atoms with van der Waals surface area (Å²) in [6, 6.07) is 9.64. The van der Waals surface area contributed by atoms with Crippen molar-refractivity contribution >= 4 is 50.7 Å². The summed E-state index contributed by atoms with van der Waals surface area (Å²) in [4.78, 5) is 30.1. The zero-order valence-electron chi connectivity index (χ0n) is 17.1. The topological polar surface area (TPSA) is 54.3 Å². The number of hydrogen-bond acceptors (Lipinski definition) is 3. The number of hydrogen-bond donors (Lipinski definition) is 1. The molecule has 0 bridgehead atoms. The van der Waals surface area contributed by atoms with Crippen molar-refractivity contribution in [3.63, 3.8) is 0 Å². The smallest absolute Gasteiger partial charge is 0.275 e. The second-order valence-electron chi connectivity index (χ2n) is 8.55. The number of thiophene rings is 1. The molecule has 30 heavy (non-hydrogen) atoms. The Balaban J connectivity index is 1.66.